The minimum atomic E-state index is 0.0531. The van der Waals surface area contributed by atoms with Crippen molar-refractivity contribution in [2.75, 3.05) is 6.61 Å². The van der Waals surface area contributed by atoms with E-state index in [9.17, 15) is 5.11 Å². The Morgan fingerprint density at radius 2 is 1.74 bits per heavy atom. The standard InChI is InChI=1S/C18H18Cl2N2O/c1-11-8-16-17(9-12(11)2)22(18(21-16)6-7-23)10-13-14(19)4-3-5-15(13)20/h3-5,8-9,23H,6-7,10H2,1-2H3. The van der Waals surface area contributed by atoms with Crippen LogP contribution in [0.5, 0.6) is 0 Å². The first-order chi connectivity index (χ1) is 11.0. The molecular weight excluding hydrogens is 331 g/mol. The summed E-state index contributed by atoms with van der Waals surface area (Å²) in [6.07, 6.45) is 0.495. The molecule has 120 valence electrons. The Balaban J connectivity index is 2.18. The summed E-state index contributed by atoms with van der Waals surface area (Å²) in [4.78, 5) is 4.68. The summed E-state index contributed by atoms with van der Waals surface area (Å²) >= 11 is 12.6. The molecule has 1 heterocycles. The molecule has 0 spiro atoms. The molecule has 0 unspecified atom stereocenters. The number of fused-ring (bicyclic) bond motifs is 1. The maximum atomic E-state index is 9.35. The smallest absolute Gasteiger partial charge is 0.112 e. The fourth-order valence-electron chi connectivity index (χ4n) is 2.74. The number of aromatic nitrogens is 2. The Morgan fingerprint density at radius 1 is 1.09 bits per heavy atom. The predicted molar refractivity (Wildman–Crippen MR) is 95.6 cm³/mol. The third-order valence-corrected chi connectivity index (χ3v) is 4.86. The molecule has 23 heavy (non-hydrogen) atoms. The summed E-state index contributed by atoms with van der Waals surface area (Å²) in [7, 11) is 0. The van der Waals surface area contributed by atoms with Crippen LogP contribution >= 0.6 is 23.2 Å². The van der Waals surface area contributed by atoms with Crippen LogP contribution in [0, 0.1) is 13.8 Å². The van der Waals surface area contributed by atoms with E-state index in [1.807, 2.05) is 18.2 Å². The third-order valence-electron chi connectivity index (χ3n) is 4.16. The van der Waals surface area contributed by atoms with Crippen molar-refractivity contribution in [3.8, 4) is 0 Å². The Hall–Kier alpha value is -1.55. The maximum Gasteiger partial charge on any atom is 0.112 e. The number of hydrogen-bond acceptors (Lipinski definition) is 2. The van der Waals surface area contributed by atoms with Crippen molar-refractivity contribution < 1.29 is 5.11 Å². The third kappa shape index (κ3) is 3.09. The maximum absolute atomic E-state index is 9.35. The Kier molecular flexibility index (Phi) is 4.62. The van der Waals surface area contributed by atoms with Crippen molar-refractivity contribution in [1.82, 2.24) is 9.55 Å². The number of benzene rings is 2. The Bertz CT molecular complexity index is 851. The van der Waals surface area contributed by atoms with E-state index in [0.717, 1.165) is 22.4 Å². The van der Waals surface area contributed by atoms with Crippen LogP contribution < -0.4 is 0 Å². The van der Waals surface area contributed by atoms with Gasteiger partial charge in [0, 0.05) is 22.0 Å². The molecule has 0 bridgehead atoms. The van der Waals surface area contributed by atoms with Crippen molar-refractivity contribution in [2.24, 2.45) is 0 Å². The van der Waals surface area contributed by atoms with Crippen LogP contribution in [0.4, 0.5) is 0 Å². The highest BCUT2D eigenvalue weighted by Gasteiger charge is 2.15. The van der Waals surface area contributed by atoms with Gasteiger partial charge in [0.25, 0.3) is 0 Å². The number of aryl methyl sites for hydroxylation is 2. The van der Waals surface area contributed by atoms with E-state index in [1.54, 1.807) is 0 Å². The van der Waals surface area contributed by atoms with Crippen LogP contribution in [-0.2, 0) is 13.0 Å². The SMILES string of the molecule is Cc1cc2nc(CCO)n(Cc3c(Cl)cccc3Cl)c2cc1C. The lowest BCUT2D eigenvalue weighted by Crippen LogP contribution is -2.08. The molecule has 1 N–H and O–H groups in total. The van der Waals surface area contributed by atoms with Crippen molar-refractivity contribution in [3.63, 3.8) is 0 Å². The fraction of sp³-hybridized carbons (Fsp3) is 0.278. The highest BCUT2D eigenvalue weighted by Crippen LogP contribution is 2.28. The molecular formula is C18H18Cl2N2O. The number of imidazole rings is 1. The average molecular weight is 349 g/mol. The molecule has 5 heteroatoms. The van der Waals surface area contributed by atoms with Gasteiger partial charge in [-0.1, -0.05) is 29.3 Å². The van der Waals surface area contributed by atoms with Crippen LogP contribution in [0.3, 0.4) is 0 Å². The summed E-state index contributed by atoms with van der Waals surface area (Å²) < 4.78 is 2.09. The Labute approximate surface area is 145 Å². The van der Waals surface area contributed by atoms with Crippen LogP contribution in [-0.4, -0.2) is 21.3 Å². The van der Waals surface area contributed by atoms with E-state index >= 15 is 0 Å². The largest absolute Gasteiger partial charge is 0.396 e. The molecule has 2 aromatic carbocycles. The van der Waals surface area contributed by atoms with Crippen molar-refractivity contribution >= 4 is 34.2 Å². The van der Waals surface area contributed by atoms with Gasteiger partial charge >= 0.3 is 0 Å². The second-order valence-corrected chi connectivity index (χ2v) is 6.53. The lowest BCUT2D eigenvalue weighted by molar-refractivity contribution is 0.295. The monoisotopic (exact) mass is 348 g/mol. The van der Waals surface area contributed by atoms with Gasteiger partial charge in [-0.05, 0) is 49.2 Å². The van der Waals surface area contributed by atoms with Crippen LogP contribution in [0.15, 0.2) is 30.3 Å². The molecule has 0 aliphatic carbocycles. The summed E-state index contributed by atoms with van der Waals surface area (Å²) in [5.74, 6) is 0.837. The van der Waals surface area contributed by atoms with Gasteiger partial charge in [-0.3, -0.25) is 0 Å². The molecule has 0 atom stereocenters. The van der Waals surface area contributed by atoms with Crippen LogP contribution in [0.25, 0.3) is 11.0 Å². The van der Waals surface area contributed by atoms with Crippen LogP contribution in [0.1, 0.15) is 22.5 Å². The van der Waals surface area contributed by atoms with Gasteiger partial charge in [0.1, 0.15) is 5.82 Å². The topological polar surface area (TPSA) is 38.1 Å². The Morgan fingerprint density at radius 3 is 2.39 bits per heavy atom. The molecule has 0 saturated heterocycles. The van der Waals surface area contributed by atoms with E-state index < -0.39 is 0 Å². The summed E-state index contributed by atoms with van der Waals surface area (Å²) in [6, 6.07) is 9.72. The summed E-state index contributed by atoms with van der Waals surface area (Å²) in [5.41, 5.74) is 5.24. The number of aliphatic hydroxyl groups excluding tert-OH is 1. The van der Waals surface area contributed by atoms with E-state index in [2.05, 4.69) is 35.5 Å². The number of halogens is 2. The van der Waals surface area contributed by atoms with Gasteiger partial charge in [0.05, 0.1) is 24.2 Å². The van der Waals surface area contributed by atoms with E-state index in [0.29, 0.717) is 23.0 Å². The highest BCUT2D eigenvalue weighted by atomic mass is 35.5. The second-order valence-electron chi connectivity index (χ2n) is 5.71. The lowest BCUT2D eigenvalue weighted by Gasteiger charge is -2.12. The summed E-state index contributed by atoms with van der Waals surface area (Å²) in [6.45, 7) is 4.75. The summed E-state index contributed by atoms with van der Waals surface area (Å²) in [5, 5.41) is 10.6. The minimum Gasteiger partial charge on any atom is -0.396 e. The molecule has 3 rings (SSSR count). The number of hydrogen-bond donors (Lipinski definition) is 1. The second kappa shape index (κ2) is 6.52. The van der Waals surface area contributed by atoms with Crippen molar-refractivity contribution in [3.05, 3.63) is 62.9 Å². The molecule has 0 aliphatic heterocycles. The molecule has 3 aromatic rings. The van der Waals surface area contributed by atoms with Crippen LogP contribution in [0.2, 0.25) is 10.0 Å². The molecule has 0 amide bonds. The van der Waals surface area contributed by atoms with Gasteiger partial charge in [0.2, 0.25) is 0 Å². The van der Waals surface area contributed by atoms with Gasteiger partial charge in [-0.15, -0.1) is 0 Å². The van der Waals surface area contributed by atoms with Gasteiger partial charge in [0.15, 0.2) is 0 Å². The van der Waals surface area contributed by atoms with E-state index in [1.165, 1.54) is 11.1 Å². The van der Waals surface area contributed by atoms with Crippen molar-refractivity contribution in [1.29, 1.82) is 0 Å². The van der Waals surface area contributed by atoms with E-state index in [-0.39, 0.29) is 6.61 Å². The molecule has 0 saturated carbocycles. The number of rotatable bonds is 4. The molecule has 0 aliphatic rings. The van der Waals surface area contributed by atoms with E-state index in [4.69, 9.17) is 23.2 Å². The molecule has 3 nitrogen and oxygen atoms in total. The zero-order chi connectivity index (χ0) is 16.6. The first kappa shape index (κ1) is 16.3. The minimum absolute atomic E-state index is 0.0531. The predicted octanol–water partition coefficient (Wildman–Crippen LogP) is 4.54. The average Bonchev–Trinajstić information content (AvgIpc) is 2.81. The lowest BCUT2D eigenvalue weighted by atomic mass is 10.1. The van der Waals surface area contributed by atoms with Crippen molar-refractivity contribution in [2.45, 2.75) is 26.8 Å². The quantitative estimate of drug-likeness (QED) is 0.751. The zero-order valence-corrected chi connectivity index (χ0v) is 14.6. The zero-order valence-electron chi connectivity index (χ0n) is 13.1. The number of aliphatic hydroxyl groups is 1. The number of nitrogens with zero attached hydrogens (tertiary/aromatic N) is 2. The molecule has 0 radical (unpaired) electrons. The highest BCUT2D eigenvalue weighted by molar-refractivity contribution is 6.36. The fourth-order valence-corrected chi connectivity index (χ4v) is 3.26. The van der Waals surface area contributed by atoms with Gasteiger partial charge in [-0.2, -0.15) is 0 Å². The molecule has 1 aromatic heterocycles. The molecule has 0 fully saturated rings. The first-order valence-corrected chi connectivity index (χ1v) is 8.27. The van der Waals surface area contributed by atoms with Gasteiger partial charge in [-0.25, -0.2) is 4.98 Å². The normalized spacial score (nSPS) is 11.3. The van der Waals surface area contributed by atoms with Gasteiger partial charge < -0.3 is 9.67 Å². The first-order valence-electron chi connectivity index (χ1n) is 7.51.